The lowest BCUT2D eigenvalue weighted by Crippen LogP contribution is -2.37. The zero-order valence-corrected chi connectivity index (χ0v) is 12.4. The van der Waals surface area contributed by atoms with Crippen molar-refractivity contribution in [3.63, 3.8) is 0 Å². The summed E-state index contributed by atoms with van der Waals surface area (Å²) in [6.45, 7) is 1.06. The van der Waals surface area contributed by atoms with Gasteiger partial charge < -0.3 is 14.5 Å². The zero-order valence-electron chi connectivity index (χ0n) is 12.4. The Morgan fingerprint density at radius 2 is 1.95 bits per heavy atom. The van der Waals surface area contributed by atoms with Crippen LogP contribution in [0.3, 0.4) is 0 Å². The largest absolute Gasteiger partial charge is 0.375 e. The van der Waals surface area contributed by atoms with Crippen LogP contribution in [0.2, 0.25) is 0 Å². The van der Waals surface area contributed by atoms with Crippen molar-refractivity contribution in [1.82, 2.24) is 9.80 Å². The molecule has 3 atom stereocenters. The molecule has 0 bridgehead atoms. The summed E-state index contributed by atoms with van der Waals surface area (Å²) in [7, 11) is 3.49. The summed E-state index contributed by atoms with van der Waals surface area (Å²) < 4.78 is 5.74. The standard InChI is InChI=1S/C16H20N2O3/c1-17(2)16(20)12-10-18(13-8-9-21-14(12)13)15(19)11-6-4-3-5-7-11/h3-7,12-14H,8-10H2,1-2H3/t12-,13+,14+/m0/s1. The van der Waals surface area contributed by atoms with E-state index in [1.807, 2.05) is 35.2 Å². The summed E-state index contributed by atoms with van der Waals surface area (Å²) >= 11 is 0. The zero-order chi connectivity index (χ0) is 15.0. The molecule has 21 heavy (non-hydrogen) atoms. The molecule has 2 aliphatic rings. The lowest BCUT2D eigenvalue weighted by Gasteiger charge is -2.22. The fourth-order valence-electron chi connectivity index (χ4n) is 3.30. The Kier molecular flexibility index (Phi) is 3.68. The summed E-state index contributed by atoms with van der Waals surface area (Å²) in [6, 6.07) is 9.25. The van der Waals surface area contributed by atoms with Crippen LogP contribution in [0.15, 0.2) is 30.3 Å². The second kappa shape index (κ2) is 5.48. The number of benzene rings is 1. The third-order valence-electron chi connectivity index (χ3n) is 4.33. The van der Waals surface area contributed by atoms with Crippen molar-refractivity contribution in [2.45, 2.75) is 18.6 Å². The van der Waals surface area contributed by atoms with Gasteiger partial charge in [0.15, 0.2) is 0 Å². The van der Waals surface area contributed by atoms with Gasteiger partial charge in [0.2, 0.25) is 5.91 Å². The number of hydrogen-bond acceptors (Lipinski definition) is 3. The van der Waals surface area contributed by atoms with Gasteiger partial charge in [0.05, 0.1) is 18.1 Å². The van der Waals surface area contributed by atoms with Crippen molar-refractivity contribution in [1.29, 1.82) is 0 Å². The number of rotatable bonds is 2. The predicted octanol–water partition coefficient (Wildman–Crippen LogP) is 1.00. The van der Waals surface area contributed by atoms with Crippen molar-refractivity contribution in [3.05, 3.63) is 35.9 Å². The van der Waals surface area contributed by atoms with Gasteiger partial charge in [0, 0.05) is 32.8 Å². The van der Waals surface area contributed by atoms with Crippen molar-refractivity contribution < 1.29 is 14.3 Å². The molecule has 2 fully saturated rings. The van der Waals surface area contributed by atoms with Crippen molar-refractivity contribution in [2.24, 2.45) is 5.92 Å². The highest BCUT2D eigenvalue weighted by Crippen LogP contribution is 2.35. The van der Waals surface area contributed by atoms with Gasteiger partial charge >= 0.3 is 0 Å². The Labute approximate surface area is 124 Å². The van der Waals surface area contributed by atoms with Crippen LogP contribution in [-0.4, -0.2) is 61.0 Å². The van der Waals surface area contributed by atoms with Crippen molar-refractivity contribution >= 4 is 11.8 Å². The molecule has 0 aromatic heterocycles. The second-order valence-electron chi connectivity index (χ2n) is 5.85. The molecule has 0 spiro atoms. The summed E-state index contributed by atoms with van der Waals surface area (Å²) in [4.78, 5) is 28.4. The highest BCUT2D eigenvalue weighted by molar-refractivity contribution is 5.95. The molecule has 0 unspecified atom stereocenters. The van der Waals surface area contributed by atoms with Gasteiger partial charge in [0.1, 0.15) is 0 Å². The number of fused-ring (bicyclic) bond motifs is 1. The van der Waals surface area contributed by atoms with Crippen LogP contribution in [0.4, 0.5) is 0 Å². The van der Waals surface area contributed by atoms with E-state index in [-0.39, 0.29) is 29.9 Å². The second-order valence-corrected chi connectivity index (χ2v) is 5.85. The molecular weight excluding hydrogens is 268 g/mol. The molecule has 0 saturated carbocycles. The van der Waals surface area contributed by atoms with Gasteiger partial charge in [-0.3, -0.25) is 9.59 Å². The molecule has 0 aliphatic carbocycles. The number of nitrogens with zero attached hydrogens (tertiary/aromatic N) is 2. The molecule has 0 radical (unpaired) electrons. The first-order valence-electron chi connectivity index (χ1n) is 7.28. The van der Waals surface area contributed by atoms with Crippen LogP contribution in [0, 0.1) is 5.92 Å². The quantitative estimate of drug-likeness (QED) is 0.816. The fraction of sp³-hybridized carbons (Fsp3) is 0.500. The maximum atomic E-state index is 12.7. The monoisotopic (exact) mass is 288 g/mol. The Morgan fingerprint density at radius 1 is 1.24 bits per heavy atom. The minimum Gasteiger partial charge on any atom is -0.375 e. The molecule has 2 aliphatic heterocycles. The SMILES string of the molecule is CN(C)C(=O)[C@H]1CN(C(=O)c2ccccc2)[C@@H]2CCO[C@H]12. The first kappa shape index (κ1) is 14.1. The van der Waals surface area contributed by atoms with E-state index in [2.05, 4.69) is 0 Å². The van der Waals surface area contributed by atoms with E-state index in [4.69, 9.17) is 4.74 Å². The first-order chi connectivity index (χ1) is 10.1. The van der Waals surface area contributed by atoms with Crippen LogP contribution in [0.5, 0.6) is 0 Å². The van der Waals surface area contributed by atoms with E-state index in [0.717, 1.165) is 6.42 Å². The third-order valence-corrected chi connectivity index (χ3v) is 4.33. The van der Waals surface area contributed by atoms with Gasteiger partial charge in [-0.2, -0.15) is 0 Å². The summed E-state index contributed by atoms with van der Waals surface area (Å²) in [5, 5.41) is 0. The summed E-state index contributed by atoms with van der Waals surface area (Å²) in [5.74, 6) is -0.222. The minimum atomic E-state index is -0.250. The van der Waals surface area contributed by atoms with Crippen LogP contribution < -0.4 is 0 Å². The molecule has 5 heteroatoms. The molecule has 1 aromatic carbocycles. The Morgan fingerprint density at radius 3 is 2.62 bits per heavy atom. The number of ether oxygens (including phenoxy) is 1. The Balaban J connectivity index is 1.84. The highest BCUT2D eigenvalue weighted by Gasteiger charge is 2.50. The molecule has 5 nitrogen and oxygen atoms in total. The minimum absolute atomic E-state index is 0.00911. The lowest BCUT2D eigenvalue weighted by atomic mass is 10.0. The lowest BCUT2D eigenvalue weighted by molar-refractivity contribution is -0.135. The molecule has 2 saturated heterocycles. The summed E-state index contributed by atoms with van der Waals surface area (Å²) in [6.07, 6.45) is 0.646. The predicted molar refractivity (Wildman–Crippen MR) is 77.8 cm³/mol. The normalized spacial score (nSPS) is 27.5. The average Bonchev–Trinajstić information content (AvgIpc) is 3.08. The van der Waals surface area contributed by atoms with Crippen LogP contribution >= 0.6 is 0 Å². The molecule has 0 N–H and O–H groups in total. The number of amides is 2. The maximum Gasteiger partial charge on any atom is 0.254 e. The molecule has 112 valence electrons. The van der Waals surface area contributed by atoms with Gasteiger partial charge in [-0.15, -0.1) is 0 Å². The number of carbonyl (C=O) groups is 2. The van der Waals surface area contributed by atoms with Crippen LogP contribution in [0.1, 0.15) is 16.8 Å². The van der Waals surface area contributed by atoms with E-state index in [0.29, 0.717) is 18.7 Å². The fourth-order valence-corrected chi connectivity index (χ4v) is 3.30. The van der Waals surface area contributed by atoms with Gasteiger partial charge in [0.25, 0.3) is 5.91 Å². The van der Waals surface area contributed by atoms with E-state index in [9.17, 15) is 9.59 Å². The number of hydrogen-bond donors (Lipinski definition) is 0. The van der Waals surface area contributed by atoms with Gasteiger partial charge in [-0.05, 0) is 18.6 Å². The van der Waals surface area contributed by atoms with Crippen LogP contribution in [0.25, 0.3) is 0 Å². The Hall–Kier alpha value is -1.88. The van der Waals surface area contributed by atoms with Gasteiger partial charge in [-0.25, -0.2) is 0 Å². The van der Waals surface area contributed by atoms with E-state index < -0.39 is 0 Å². The number of carbonyl (C=O) groups excluding carboxylic acids is 2. The molecule has 2 amide bonds. The number of likely N-dealkylation sites (tertiary alicyclic amines) is 1. The van der Waals surface area contributed by atoms with Crippen LogP contribution in [-0.2, 0) is 9.53 Å². The molecule has 3 rings (SSSR count). The van der Waals surface area contributed by atoms with E-state index in [1.165, 1.54) is 0 Å². The topological polar surface area (TPSA) is 49.9 Å². The van der Waals surface area contributed by atoms with Gasteiger partial charge in [-0.1, -0.05) is 18.2 Å². The van der Waals surface area contributed by atoms with Crippen molar-refractivity contribution in [2.75, 3.05) is 27.2 Å². The Bertz CT molecular complexity index is 544. The van der Waals surface area contributed by atoms with Crippen molar-refractivity contribution in [3.8, 4) is 0 Å². The molecule has 1 aromatic rings. The average molecular weight is 288 g/mol. The van der Waals surface area contributed by atoms with E-state index >= 15 is 0 Å². The van der Waals surface area contributed by atoms with E-state index in [1.54, 1.807) is 19.0 Å². The highest BCUT2D eigenvalue weighted by atomic mass is 16.5. The summed E-state index contributed by atoms with van der Waals surface area (Å²) in [5.41, 5.74) is 0.668. The first-order valence-corrected chi connectivity index (χ1v) is 7.28. The molecular formula is C16H20N2O3. The molecule has 2 heterocycles. The third kappa shape index (κ3) is 2.42. The smallest absolute Gasteiger partial charge is 0.254 e. The maximum absolute atomic E-state index is 12.7.